The average Bonchev–Trinajstić information content (AvgIpc) is 3.38. The van der Waals surface area contributed by atoms with E-state index in [4.69, 9.17) is 20.0 Å². The van der Waals surface area contributed by atoms with Crippen molar-refractivity contribution in [3.8, 4) is 0 Å². The van der Waals surface area contributed by atoms with Gasteiger partial charge in [-0.15, -0.1) is 23.1 Å². The van der Waals surface area contributed by atoms with E-state index in [1.54, 1.807) is 56.8 Å². The summed E-state index contributed by atoms with van der Waals surface area (Å²) >= 11 is 2.48. The first-order chi connectivity index (χ1) is 19.5. The van der Waals surface area contributed by atoms with E-state index in [9.17, 15) is 19.2 Å². The van der Waals surface area contributed by atoms with Crippen LogP contribution in [0.15, 0.2) is 52.4 Å². The molecule has 216 valence electrons. The predicted molar refractivity (Wildman–Crippen MR) is 152 cm³/mol. The number of thioether (sulfide) groups is 1. The Morgan fingerprint density at radius 2 is 2.05 bits per heavy atom. The van der Waals surface area contributed by atoms with Crippen molar-refractivity contribution in [2.45, 2.75) is 32.2 Å². The number of anilines is 1. The number of nitrogen functional groups attached to an aromatic ring is 1. The number of β-lactam (4-membered cyclic amide) rings is 1. The molecule has 4 heterocycles. The summed E-state index contributed by atoms with van der Waals surface area (Å²) in [5.74, 6) is -2.30. The second-order valence-corrected chi connectivity index (χ2v) is 11.8. The average molecular weight is 601 g/mol. The Labute approximate surface area is 243 Å². The summed E-state index contributed by atoms with van der Waals surface area (Å²) in [4.78, 5) is 65.9. The fraction of sp³-hybridized carbons (Fsp3) is 0.346. The van der Waals surface area contributed by atoms with Gasteiger partial charge in [-0.2, -0.15) is 0 Å². The van der Waals surface area contributed by atoms with Crippen molar-refractivity contribution in [2.24, 2.45) is 10.6 Å². The number of nitrogens with zero attached hydrogens (tertiary/aromatic N) is 4. The lowest BCUT2D eigenvalue weighted by Crippen LogP contribution is -2.71. The zero-order valence-electron chi connectivity index (χ0n) is 22.7. The maximum Gasteiger partial charge on any atom is 0.358 e. The maximum atomic E-state index is 13.3. The number of thiazole rings is 1. The molecule has 0 aromatic carbocycles. The van der Waals surface area contributed by atoms with Gasteiger partial charge in [-0.25, -0.2) is 9.78 Å². The summed E-state index contributed by atoms with van der Waals surface area (Å²) in [5.41, 5.74) is 6.23. The highest BCUT2D eigenvalue weighted by molar-refractivity contribution is 8.00. The Bertz CT molecular complexity index is 1430. The zero-order valence-corrected chi connectivity index (χ0v) is 24.3. The van der Waals surface area contributed by atoms with Crippen molar-refractivity contribution >= 4 is 63.8 Å². The summed E-state index contributed by atoms with van der Waals surface area (Å²) in [5, 5.41) is 7.57. The standard InChI is InChI=1S/C26H28N6O7S2/c1-26(2,3)24(36)39-13-38-23(35)19-15(8-7-14-6-5-9-28-10-14)11-40-22-18(21(34)32(19)22)30-20(33)17(31-37-4)16-12-41-25(27)29-16/h5-10,12,18,22H,11,13H2,1-4H3,(H2,27,29)(H,30,33)/b8-7+,31-17?/t18-,22-/m1/s1. The van der Waals surface area contributed by atoms with Crippen LogP contribution in [0.3, 0.4) is 0 Å². The summed E-state index contributed by atoms with van der Waals surface area (Å²) < 4.78 is 10.3. The number of nitrogens with one attached hydrogen (secondary N) is 1. The van der Waals surface area contributed by atoms with Gasteiger partial charge in [0, 0.05) is 23.5 Å². The molecule has 41 heavy (non-hydrogen) atoms. The fourth-order valence-electron chi connectivity index (χ4n) is 3.75. The molecule has 1 saturated heterocycles. The Morgan fingerprint density at radius 3 is 2.68 bits per heavy atom. The number of hydrogen-bond acceptors (Lipinski definition) is 13. The van der Waals surface area contributed by atoms with Gasteiger partial charge in [0.05, 0.1) is 5.41 Å². The third-order valence-electron chi connectivity index (χ3n) is 5.79. The van der Waals surface area contributed by atoms with Crippen LogP contribution in [0.25, 0.3) is 6.08 Å². The number of hydrogen-bond donors (Lipinski definition) is 2. The van der Waals surface area contributed by atoms with Crippen molar-refractivity contribution in [1.29, 1.82) is 0 Å². The molecule has 4 rings (SSSR count). The summed E-state index contributed by atoms with van der Waals surface area (Å²) in [6.45, 7) is 4.39. The number of pyridine rings is 1. The second kappa shape index (κ2) is 12.5. The van der Waals surface area contributed by atoms with Crippen LogP contribution in [0.4, 0.5) is 5.13 Å². The maximum absolute atomic E-state index is 13.3. The van der Waals surface area contributed by atoms with Crippen molar-refractivity contribution in [2.75, 3.05) is 25.4 Å². The third kappa shape index (κ3) is 6.74. The number of ether oxygens (including phenoxy) is 2. The van der Waals surface area contributed by atoms with E-state index in [0.29, 0.717) is 11.3 Å². The van der Waals surface area contributed by atoms with Gasteiger partial charge in [0.25, 0.3) is 11.8 Å². The molecule has 0 spiro atoms. The molecule has 2 atom stereocenters. The van der Waals surface area contributed by atoms with Gasteiger partial charge >= 0.3 is 11.9 Å². The minimum absolute atomic E-state index is 0.00532. The van der Waals surface area contributed by atoms with Crippen LogP contribution in [-0.4, -0.2) is 75.4 Å². The molecule has 1 fully saturated rings. The monoisotopic (exact) mass is 600 g/mol. The SMILES string of the molecule is CON=C(C(=O)N[C@@H]1C(=O)N2C(C(=O)OCOC(=O)C(C)(C)C)=C(/C=C/c3cccnc3)CS[C@H]12)c1csc(N)n1. The lowest BCUT2D eigenvalue weighted by molar-refractivity contribution is -0.173. The van der Waals surface area contributed by atoms with Gasteiger partial charge in [0.15, 0.2) is 10.8 Å². The summed E-state index contributed by atoms with van der Waals surface area (Å²) in [7, 11) is 1.28. The van der Waals surface area contributed by atoms with Crippen molar-refractivity contribution < 1.29 is 33.5 Å². The van der Waals surface area contributed by atoms with Crippen molar-refractivity contribution in [3.63, 3.8) is 0 Å². The molecule has 2 aliphatic heterocycles. The summed E-state index contributed by atoms with van der Waals surface area (Å²) in [6.07, 6.45) is 6.74. The first kappa shape index (κ1) is 29.7. The van der Waals surface area contributed by atoms with Gasteiger partial charge in [0.2, 0.25) is 6.79 Å². The first-order valence-electron chi connectivity index (χ1n) is 12.2. The van der Waals surface area contributed by atoms with E-state index in [-0.39, 0.29) is 22.2 Å². The molecule has 0 unspecified atom stereocenters. The van der Waals surface area contributed by atoms with E-state index in [1.165, 1.54) is 23.8 Å². The normalized spacial score (nSPS) is 19.0. The van der Waals surface area contributed by atoms with Crippen molar-refractivity contribution in [3.05, 3.63) is 58.5 Å². The number of carbonyl (C=O) groups is 4. The van der Waals surface area contributed by atoms with Gasteiger partial charge in [-0.3, -0.25) is 24.3 Å². The lowest BCUT2D eigenvalue weighted by atomic mass is 9.98. The first-order valence-corrected chi connectivity index (χ1v) is 14.2. The van der Waals surface area contributed by atoms with Crippen LogP contribution >= 0.6 is 23.1 Å². The highest BCUT2D eigenvalue weighted by Gasteiger charge is 2.54. The molecule has 0 radical (unpaired) electrons. The number of carbonyl (C=O) groups excluding carboxylic acids is 4. The van der Waals surface area contributed by atoms with E-state index < -0.39 is 47.4 Å². The van der Waals surface area contributed by atoms with E-state index in [0.717, 1.165) is 16.9 Å². The van der Waals surface area contributed by atoms with Crippen LogP contribution in [-0.2, 0) is 33.5 Å². The molecule has 2 aliphatic rings. The lowest BCUT2D eigenvalue weighted by Gasteiger charge is -2.49. The Kier molecular flexibility index (Phi) is 9.08. The minimum atomic E-state index is -0.962. The second-order valence-electron chi connectivity index (χ2n) is 9.78. The predicted octanol–water partition coefficient (Wildman–Crippen LogP) is 1.93. The van der Waals surface area contributed by atoms with Crippen LogP contribution in [0.5, 0.6) is 0 Å². The minimum Gasteiger partial charge on any atom is -0.427 e. The Balaban J connectivity index is 1.55. The Morgan fingerprint density at radius 1 is 1.27 bits per heavy atom. The smallest absolute Gasteiger partial charge is 0.358 e. The molecule has 0 aliphatic carbocycles. The number of rotatable bonds is 9. The van der Waals surface area contributed by atoms with Gasteiger partial charge in [-0.05, 0) is 38.0 Å². The third-order valence-corrected chi connectivity index (χ3v) is 7.77. The number of aromatic nitrogens is 2. The van der Waals surface area contributed by atoms with Gasteiger partial charge < -0.3 is 25.4 Å². The molecule has 2 aromatic rings. The molecule has 2 amide bonds. The molecule has 2 aromatic heterocycles. The van der Waals surface area contributed by atoms with Crippen LogP contribution in [0, 0.1) is 5.41 Å². The largest absolute Gasteiger partial charge is 0.427 e. The molecule has 15 heteroatoms. The number of nitrogens with two attached hydrogens (primary N) is 1. The number of oxime groups is 1. The van der Waals surface area contributed by atoms with Crippen LogP contribution in [0.1, 0.15) is 32.0 Å². The molecule has 13 nitrogen and oxygen atoms in total. The molecule has 0 bridgehead atoms. The zero-order chi connectivity index (χ0) is 29.7. The number of allylic oxidation sites excluding steroid dienone is 1. The van der Waals surface area contributed by atoms with Gasteiger partial charge in [-0.1, -0.05) is 23.4 Å². The molecular weight excluding hydrogens is 572 g/mol. The number of esters is 2. The van der Waals surface area contributed by atoms with E-state index in [2.05, 4.69) is 20.4 Å². The number of fused-ring (bicyclic) bond motifs is 1. The highest BCUT2D eigenvalue weighted by atomic mass is 32.2. The quantitative estimate of drug-likeness (QED) is 0.141. The van der Waals surface area contributed by atoms with Crippen LogP contribution in [0.2, 0.25) is 0 Å². The highest BCUT2D eigenvalue weighted by Crippen LogP contribution is 2.41. The molecular formula is C26H28N6O7S2. The van der Waals surface area contributed by atoms with E-state index >= 15 is 0 Å². The summed E-state index contributed by atoms with van der Waals surface area (Å²) in [6, 6.07) is 2.64. The Hall–Kier alpha value is -4.24. The molecule has 3 N–H and O–H groups in total. The fourth-order valence-corrected chi connectivity index (χ4v) is 5.62. The number of amides is 2. The van der Waals surface area contributed by atoms with Crippen LogP contribution < -0.4 is 11.1 Å². The van der Waals surface area contributed by atoms with Gasteiger partial charge in [0.1, 0.15) is 29.9 Å². The van der Waals surface area contributed by atoms with E-state index in [1.807, 2.05) is 6.07 Å². The van der Waals surface area contributed by atoms with Crippen molar-refractivity contribution in [1.82, 2.24) is 20.2 Å². The molecule has 0 saturated carbocycles. The topological polar surface area (TPSA) is 175 Å².